The highest BCUT2D eigenvalue weighted by Crippen LogP contribution is 2.36. The van der Waals surface area contributed by atoms with E-state index in [-0.39, 0.29) is 5.41 Å². The van der Waals surface area contributed by atoms with Gasteiger partial charge in [-0.1, -0.05) is 36.8 Å². The van der Waals surface area contributed by atoms with Crippen LogP contribution in [0.4, 0.5) is 0 Å². The molecule has 0 spiro atoms. The summed E-state index contributed by atoms with van der Waals surface area (Å²) in [7, 11) is 0. The van der Waals surface area contributed by atoms with Crippen molar-refractivity contribution in [2.45, 2.75) is 33.1 Å². The molecule has 2 heteroatoms. The average molecular weight is 231 g/mol. The van der Waals surface area contributed by atoms with Gasteiger partial charge in [-0.15, -0.1) is 0 Å². The van der Waals surface area contributed by atoms with Gasteiger partial charge in [0.2, 0.25) is 0 Å². The van der Waals surface area contributed by atoms with Gasteiger partial charge in [-0.25, -0.2) is 0 Å². The highest BCUT2D eigenvalue weighted by Gasteiger charge is 2.37. The summed E-state index contributed by atoms with van der Waals surface area (Å²) in [6, 6.07) is 7.99. The van der Waals surface area contributed by atoms with E-state index < -0.39 is 0 Å². The average Bonchev–Trinajstić information content (AvgIpc) is 2.39. The Hall–Kier alpha value is -1.15. The number of benzene rings is 1. The molecule has 1 aliphatic rings. The van der Waals surface area contributed by atoms with Gasteiger partial charge in [-0.05, 0) is 39.3 Å². The minimum Gasteiger partial charge on any atom is -0.317 e. The summed E-state index contributed by atoms with van der Waals surface area (Å²) in [5.41, 5.74) is 1.96. The van der Waals surface area contributed by atoms with E-state index in [0.717, 1.165) is 37.9 Å². The molecular weight excluding hydrogens is 210 g/mol. The van der Waals surface area contributed by atoms with E-state index in [9.17, 15) is 4.79 Å². The highest BCUT2D eigenvalue weighted by molar-refractivity contribution is 6.00. The van der Waals surface area contributed by atoms with Crippen molar-refractivity contribution in [1.82, 2.24) is 5.32 Å². The van der Waals surface area contributed by atoms with Gasteiger partial charge in [0.1, 0.15) is 0 Å². The third-order valence-corrected chi connectivity index (χ3v) is 4.03. The molecule has 1 aliphatic heterocycles. The van der Waals surface area contributed by atoms with E-state index in [2.05, 4.69) is 12.2 Å². The summed E-state index contributed by atoms with van der Waals surface area (Å²) in [5, 5.41) is 3.34. The molecule has 0 unspecified atom stereocenters. The van der Waals surface area contributed by atoms with Crippen molar-refractivity contribution in [2.24, 2.45) is 5.41 Å². The van der Waals surface area contributed by atoms with Crippen molar-refractivity contribution in [3.8, 4) is 0 Å². The predicted octanol–water partition coefficient (Wildman–Crippen LogP) is 2.96. The van der Waals surface area contributed by atoms with Crippen LogP contribution in [0.25, 0.3) is 0 Å². The monoisotopic (exact) mass is 231 g/mol. The summed E-state index contributed by atoms with van der Waals surface area (Å²) in [6.45, 7) is 6.11. The van der Waals surface area contributed by atoms with Crippen LogP contribution in [0.2, 0.25) is 0 Å². The summed E-state index contributed by atoms with van der Waals surface area (Å²) in [4.78, 5) is 12.6. The predicted molar refractivity (Wildman–Crippen MR) is 70.3 cm³/mol. The van der Waals surface area contributed by atoms with E-state index in [4.69, 9.17) is 0 Å². The lowest BCUT2D eigenvalue weighted by Gasteiger charge is -2.35. The minimum atomic E-state index is -0.124. The van der Waals surface area contributed by atoms with Crippen LogP contribution in [0.15, 0.2) is 24.3 Å². The van der Waals surface area contributed by atoms with Gasteiger partial charge in [-0.3, -0.25) is 4.79 Å². The molecule has 92 valence electrons. The van der Waals surface area contributed by atoms with Crippen LogP contribution in [0.5, 0.6) is 0 Å². The van der Waals surface area contributed by atoms with Crippen LogP contribution in [0, 0.1) is 12.3 Å². The SMILES string of the molecule is CCC1(C(=O)c2ccc(C)cc2)CCNCC1. The quantitative estimate of drug-likeness (QED) is 0.810. The summed E-state index contributed by atoms with van der Waals surface area (Å²) in [5.74, 6) is 0.335. The van der Waals surface area contributed by atoms with E-state index in [0.29, 0.717) is 5.78 Å². The molecule has 0 aliphatic carbocycles. The molecule has 1 aromatic carbocycles. The van der Waals surface area contributed by atoms with Crippen molar-refractivity contribution in [3.63, 3.8) is 0 Å². The highest BCUT2D eigenvalue weighted by atomic mass is 16.1. The first-order valence-corrected chi connectivity index (χ1v) is 6.50. The number of carbonyl (C=O) groups is 1. The molecule has 0 amide bonds. The molecule has 2 nitrogen and oxygen atoms in total. The number of Topliss-reactive ketones (excluding diaryl/α,β-unsaturated/α-hetero) is 1. The van der Waals surface area contributed by atoms with Crippen molar-refractivity contribution in [2.75, 3.05) is 13.1 Å². The molecule has 1 N–H and O–H groups in total. The number of hydrogen-bond donors (Lipinski definition) is 1. The normalized spacial score (nSPS) is 18.9. The Balaban J connectivity index is 2.25. The zero-order chi connectivity index (χ0) is 12.3. The molecule has 1 aromatic rings. The Bertz CT molecular complexity index is 388. The fraction of sp³-hybridized carbons (Fsp3) is 0.533. The third kappa shape index (κ3) is 2.42. The van der Waals surface area contributed by atoms with E-state index >= 15 is 0 Å². The maximum Gasteiger partial charge on any atom is 0.169 e. The minimum absolute atomic E-state index is 0.124. The van der Waals surface area contributed by atoms with Gasteiger partial charge in [-0.2, -0.15) is 0 Å². The molecule has 0 saturated carbocycles. The number of piperidine rings is 1. The largest absolute Gasteiger partial charge is 0.317 e. The van der Waals surface area contributed by atoms with Gasteiger partial charge in [0.05, 0.1) is 0 Å². The van der Waals surface area contributed by atoms with Gasteiger partial charge < -0.3 is 5.32 Å². The van der Waals surface area contributed by atoms with Crippen LogP contribution in [-0.4, -0.2) is 18.9 Å². The Labute approximate surface area is 103 Å². The second kappa shape index (κ2) is 5.01. The fourth-order valence-corrected chi connectivity index (χ4v) is 2.66. The second-order valence-electron chi connectivity index (χ2n) is 5.08. The molecule has 0 radical (unpaired) electrons. The van der Waals surface area contributed by atoms with Crippen LogP contribution in [0.3, 0.4) is 0 Å². The molecule has 1 heterocycles. The Morgan fingerprint density at radius 2 is 1.82 bits per heavy atom. The van der Waals surface area contributed by atoms with Crippen molar-refractivity contribution >= 4 is 5.78 Å². The number of rotatable bonds is 3. The first kappa shape index (κ1) is 12.3. The van der Waals surface area contributed by atoms with Gasteiger partial charge >= 0.3 is 0 Å². The van der Waals surface area contributed by atoms with E-state index in [1.807, 2.05) is 31.2 Å². The molecule has 1 fully saturated rings. The zero-order valence-electron chi connectivity index (χ0n) is 10.8. The summed E-state index contributed by atoms with van der Waals surface area (Å²) < 4.78 is 0. The van der Waals surface area contributed by atoms with Crippen LogP contribution in [-0.2, 0) is 0 Å². The maximum atomic E-state index is 12.6. The molecular formula is C15H21NO. The number of aryl methyl sites for hydroxylation is 1. The summed E-state index contributed by atoms with van der Waals surface area (Å²) in [6.07, 6.45) is 2.88. The number of carbonyl (C=O) groups excluding carboxylic acids is 1. The first-order chi connectivity index (χ1) is 8.18. The Kier molecular flexibility index (Phi) is 3.63. The topological polar surface area (TPSA) is 29.1 Å². The smallest absolute Gasteiger partial charge is 0.169 e. The van der Waals surface area contributed by atoms with Crippen molar-refractivity contribution in [1.29, 1.82) is 0 Å². The number of nitrogens with one attached hydrogen (secondary N) is 1. The number of hydrogen-bond acceptors (Lipinski definition) is 2. The maximum absolute atomic E-state index is 12.6. The number of ketones is 1. The Morgan fingerprint density at radius 3 is 2.35 bits per heavy atom. The van der Waals surface area contributed by atoms with Gasteiger partial charge in [0.25, 0.3) is 0 Å². The molecule has 0 bridgehead atoms. The Morgan fingerprint density at radius 1 is 1.24 bits per heavy atom. The van der Waals surface area contributed by atoms with Gasteiger partial charge in [0.15, 0.2) is 5.78 Å². The first-order valence-electron chi connectivity index (χ1n) is 6.50. The fourth-order valence-electron chi connectivity index (χ4n) is 2.66. The molecule has 2 rings (SSSR count). The van der Waals surface area contributed by atoms with Crippen LogP contribution in [0.1, 0.15) is 42.1 Å². The van der Waals surface area contributed by atoms with E-state index in [1.165, 1.54) is 5.56 Å². The van der Waals surface area contributed by atoms with Crippen LogP contribution < -0.4 is 5.32 Å². The van der Waals surface area contributed by atoms with Crippen molar-refractivity contribution in [3.05, 3.63) is 35.4 Å². The molecule has 1 saturated heterocycles. The molecule has 0 aromatic heterocycles. The van der Waals surface area contributed by atoms with Crippen molar-refractivity contribution < 1.29 is 4.79 Å². The molecule has 0 atom stereocenters. The van der Waals surface area contributed by atoms with Gasteiger partial charge in [0, 0.05) is 11.0 Å². The lowest BCUT2D eigenvalue weighted by atomic mass is 9.71. The molecule has 17 heavy (non-hydrogen) atoms. The standard InChI is InChI=1S/C15H21NO/c1-3-15(8-10-16-11-9-15)14(17)13-6-4-12(2)5-7-13/h4-7,16H,3,8-11H2,1-2H3. The lowest BCUT2D eigenvalue weighted by Crippen LogP contribution is -2.41. The van der Waals surface area contributed by atoms with Crippen LogP contribution >= 0.6 is 0 Å². The second-order valence-corrected chi connectivity index (χ2v) is 5.08. The zero-order valence-corrected chi connectivity index (χ0v) is 10.8. The lowest BCUT2D eigenvalue weighted by molar-refractivity contribution is 0.0717. The summed E-state index contributed by atoms with van der Waals surface area (Å²) >= 11 is 0. The third-order valence-electron chi connectivity index (χ3n) is 4.03. The van der Waals surface area contributed by atoms with E-state index in [1.54, 1.807) is 0 Å².